The number of sulfone groups is 1. The molecule has 2 fully saturated rings. The van der Waals surface area contributed by atoms with Crippen LogP contribution in [0.3, 0.4) is 0 Å². The van der Waals surface area contributed by atoms with Crippen molar-refractivity contribution < 1.29 is 32.6 Å². The van der Waals surface area contributed by atoms with E-state index in [1.807, 2.05) is 51.1 Å². The summed E-state index contributed by atoms with van der Waals surface area (Å²) >= 11 is 0. The Balaban J connectivity index is 1.42. The number of hydrogen-bond donors (Lipinski definition) is 4. The Labute approximate surface area is 411 Å². The number of rotatable bonds is 32. The molecule has 4 N–H and O–H groups in total. The van der Waals surface area contributed by atoms with Crippen LogP contribution < -0.4 is 10.6 Å². The van der Waals surface area contributed by atoms with Crippen molar-refractivity contribution in [3.8, 4) is 0 Å². The van der Waals surface area contributed by atoms with Crippen LogP contribution in [-0.2, 0) is 47.2 Å². The van der Waals surface area contributed by atoms with Gasteiger partial charge >= 0.3 is 5.97 Å². The van der Waals surface area contributed by atoms with Crippen molar-refractivity contribution >= 4 is 27.6 Å². The average molecular weight is 965 g/mol. The van der Waals surface area contributed by atoms with Crippen molar-refractivity contribution in [2.24, 2.45) is 17.8 Å². The first-order valence-corrected chi connectivity index (χ1v) is 28.5. The number of aromatic nitrogens is 2. The summed E-state index contributed by atoms with van der Waals surface area (Å²) in [5, 5.41) is 18.4. The van der Waals surface area contributed by atoms with Gasteiger partial charge in [0, 0.05) is 30.1 Å². The Morgan fingerprint density at radius 1 is 0.794 bits per heavy atom. The summed E-state index contributed by atoms with van der Waals surface area (Å²) in [5.74, 6) is -1.70. The van der Waals surface area contributed by atoms with Crippen LogP contribution in [0.2, 0.25) is 0 Å². The highest BCUT2D eigenvalue weighted by Crippen LogP contribution is 2.38. The van der Waals surface area contributed by atoms with Crippen LogP contribution in [0, 0.1) is 17.8 Å². The molecule has 68 heavy (non-hydrogen) atoms. The minimum atomic E-state index is -3.73. The lowest BCUT2D eigenvalue weighted by Crippen LogP contribution is -2.57. The number of aliphatic hydroxyl groups excluding tert-OH is 1. The van der Waals surface area contributed by atoms with Crippen molar-refractivity contribution in [3.63, 3.8) is 0 Å². The van der Waals surface area contributed by atoms with Crippen LogP contribution in [0.5, 0.6) is 0 Å². The lowest BCUT2D eigenvalue weighted by atomic mass is 9.82. The summed E-state index contributed by atoms with van der Waals surface area (Å²) in [6.45, 7) is 13.2. The van der Waals surface area contributed by atoms with E-state index in [-0.39, 0.29) is 36.1 Å². The van der Waals surface area contributed by atoms with Crippen LogP contribution in [0.15, 0.2) is 48.7 Å². The number of aromatic amines is 1. The van der Waals surface area contributed by atoms with Crippen molar-refractivity contribution in [2.45, 2.75) is 243 Å². The molecule has 1 heterocycles. The van der Waals surface area contributed by atoms with Crippen molar-refractivity contribution in [1.82, 2.24) is 20.6 Å². The SMILES string of the molecule is CCCCCCCCC=CCCCCCCCCC(=O)O[C@@H](C1CC1)[C@H](O)[C@H](CC1CCCCC1)NC(=O)[C@H](Cc1cnc(C(C)(C)C)[nH]1)NC(=O)[C@H](Cc1ccccc1)CS(=O)(=O)C(C)(C)C. The van der Waals surface area contributed by atoms with Gasteiger partial charge in [-0.05, 0) is 96.0 Å². The fourth-order valence-electron chi connectivity index (χ4n) is 9.38. The van der Waals surface area contributed by atoms with Crippen molar-refractivity contribution in [2.75, 3.05) is 5.75 Å². The van der Waals surface area contributed by atoms with Gasteiger partial charge in [0.2, 0.25) is 11.8 Å². The van der Waals surface area contributed by atoms with E-state index in [0.29, 0.717) is 18.5 Å². The van der Waals surface area contributed by atoms with Gasteiger partial charge in [0.15, 0.2) is 9.84 Å². The molecule has 2 aliphatic carbocycles. The number of carbonyl (C=O) groups is 3. The van der Waals surface area contributed by atoms with Gasteiger partial charge in [0.25, 0.3) is 0 Å². The second-order valence-electron chi connectivity index (χ2n) is 22.4. The number of hydrogen-bond acceptors (Lipinski definition) is 8. The van der Waals surface area contributed by atoms with E-state index in [1.54, 1.807) is 27.0 Å². The van der Waals surface area contributed by atoms with Crippen LogP contribution in [0.25, 0.3) is 0 Å². The van der Waals surface area contributed by atoms with Gasteiger partial charge in [-0.25, -0.2) is 13.4 Å². The number of H-pyrrole nitrogens is 1. The fraction of sp³-hybridized carbons (Fsp3) is 0.750. The number of unbranched alkanes of at least 4 members (excludes halogenated alkanes) is 12. The Morgan fingerprint density at radius 2 is 1.40 bits per heavy atom. The minimum Gasteiger partial charge on any atom is -0.459 e. The molecule has 384 valence electrons. The number of carbonyl (C=O) groups excluding carboxylic acids is 3. The Morgan fingerprint density at radius 3 is 1.97 bits per heavy atom. The number of ether oxygens (including phenoxy) is 1. The van der Waals surface area contributed by atoms with Gasteiger partial charge in [-0.15, -0.1) is 0 Å². The Kier molecular flexibility index (Phi) is 24.3. The van der Waals surface area contributed by atoms with E-state index >= 15 is 0 Å². The quantitative estimate of drug-likeness (QED) is 0.0319. The second-order valence-corrected chi connectivity index (χ2v) is 25.2. The number of nitrogens with one attached hydrogen (secondary N) is 3. The van der Waals surface area contributed by atoms with E-state index in [9.17, 15) is 27.9 Å². The lowest BCUT2D eigenvalue weighted by Gasteiger charge is -2.35. The zero-order valence-corrected chi connectivity index (χ0v) is 44.1. The summed E-state index contributed by atoms with van der Waals surface area (Å²) in [4.78, 5) is 50.6. The zero-order valence-electron chi connectivity index (χ0n) is 43.3. The largest absolute Gasteiger partial charge is 0.459 e. The normalized spacial score (nSPS) is 17.4. The first-order valence-electron chi connectivity index (χ1n) is 26.8. The van der Waals surface area contributed by atoms with E-state index < -0.39 is 62.4 Å². The number of esters is 1. The summed E-state index contributed by atoms with van der Waals surface area (Å²) in [7, 11) is -3.73. The van der Waals surface area contributed by atoms with E-state index in [1.165, 1.54) is 57.8 Å². The Bertz CT molecular complexity index is 1910. The molecule has 11 nitrogen and oxygen atoms in total. The lowest BCUT2D eigenvalue weighted by molar-refractivity contribution is -0.159. The van der Waals surface area contributed by atoms with E-state index in [2.05, 4.69) is 39.7 Å². The predicted molar refractivity (Wildman–Crippen MR) is 276 cm³/mol. The van der Waals surface area contributed by atoms with Crippen LogP contribution in [0.1, 0.15) is 213 Å². The van der Waals surface area contributed by atoms with Gasteiger partial charge in [-0.2, -0.15) is 0 Å². The maximum absolute atomic E-state index is 14.8. The third-order valence-corrected chi connectivity index (χ3v) is 16.8. The zero-order chi connectivity index (χ0) is 49.6. The van der Waals surface area contributed by atoms with Gasteiger partial charge in [0.1, 0.15) is 24.1 Å². The van der Waals surface area contributed by atoms with E-state index in [0.717, 1.165) is 88.4 Å². The number of allylic oxidation sites excluding steroid dienone is 2. The summed E-state index contributed by atoms with van der Waals surface area (Å²) in [5.41, 5.74) is 1.15. The summed E-state index contributed by atoms with van der Waals surface area (Å²) < 4.78 is 32.3. The topological polar surface area (TPSA) is 168 Å². The van der Waals surface area contributed by atoms with Crippen LogP contribution in [-0.4, -0.2) is 76.1 Å². The van der Waals surface area contributed by atoms with Gasteiger partial charge in [-0.3, -0.25) is 14.4 Å². The molecule has 5 atom stereocenters. The number of aliphatic hydroxyl groups is 1. The molecule has 2 saturated carbocycles. The molecule has 2 amide bonds. The minimum absolute atomic E-state index is 0.0133. The number of nitrogens with zero attached hydrogens (tertiary/aromatic N) is 1. The molecule has 2 aliphatic rings. The molecular weight excluding hydrogens is 873 g/mol. The highest BCUT2D eigenvalue weighted by molar-refractivity contribution is 7.92. The molecule has 1 aromatic carbocycles. The molecule has 1 aromatic heterocycles. The van der Waals surface area contributed by atoms with Crippen LogP contribution >= 0.6 is 0 Å². The molecule has 0 radical (unpaired) electrons. The highest BCUT2D eigenvalue weighted by atomic mass is 32.2. The Hall–Kier alpha value is -3.51. The molecule has 12 heteroatoms. The number of amides is 2. The fourth-order valence-corrected chi connectivity index (χ4v) is 10.7. The van der Waals surface area contributed by atoms with Crippen molar-refractivity contribution in [3.05, 3.63) is 65.8 Å². The standard InChI is InChI=1S/C56H92N4O7S/c1-8-9-10-11-12-13-14-15-16-17-18-19-20-21-22-29-34-49(61)67-51(44-35-36-44)50(62)47(38-43-32-27-24-28-33-43)59-53(64)48(39-46-40-57-54(58-46)55(2,3)4)60-52(63)45(37-42-30-25-23-26-31-42)41-68(65,66)56(5,6)7/h15-16,23,25-26,30-31,40,43-45,47-48,50-51,62H,8-14,17-22,24,27-29,32-39,41H2,1-7H3,(H,57,58)(H,59,64)(H,60,63)/t45-,47+,48+,50-,51+/m1/s1. The number of benzene rings is 1. The first kappa shape index (κ1) is 57.1. The van der Waals surface area contributed by atoms with Gasteiger partial charge in [-0.1, -0.05) is 160 Å². The number of imidazole rings is 1. The molecular formula is C56H92N4O7S. The molecule has 0 aliphatic heterocycles. The third kappa shape index (κ3) is 20.8. The maximum Gasteiger partial charge on any atom is 0.306 e. The molecule has 0 saturated heterocycles. The third-order valence-electron chi connectivity index (χ3n) is 14.1. The summed E-state index contributed by atoms with van der Waals surface area (Å²) in [6, 6.07) is 7.46. The second kappa shape index (κ2) is 29.0. The van der Waals surface area contributed by atoms with Crippen LogP contribution in [0.4, 0.5) is 0 Å². The molecule has 4 rings (SSSR count). The first-order chi connectivity index (χ1) is 32.4. The van der Waals surface area contributed by atoms with Gasteiger partial charge < -0.3 is 25.5 Å². The van der Waals surface area contributed by atoms with Gasteiger partial charge in [0.05, 0.1) is 22.5 Å². The average Bonchev–Trinajstić information content (AvgIpc) is 4.02. The molecule has 0 unspecified atom stereocenters. The predicted octanol–water partition coefficient (Wildman–Crippen LogP) is 11.4. The molecule has 2 aromatic rings. The van der Waals surface area contributed by atoms with Crippen molar-refractivity contribution in [1.29, 1.82) is 0 Å². The molecule has 0 bridgehead atoms. The smallest absolute Gasteiger partial charge is 0.306 e. The maximum atomic E-state index is 14.8. The molecule has 0 spiro atoms. The summed E-state index contributed by atoms with van der Waals surface area (Å²) in [6.07, 6.45) is 29.1. The van der Waals surface area contributed by atoms with E-state index in [4.69, 9.17) is 4.74 Å². The monoisotopic (exact) mass is 965 g/mol. The highest BCUT2D eigenvalue weighted by Gasteiger charge is 2.44.